The van der Waals surface area contributed by atoms with Gasteiger partial charge in [0, 0.05) is 37.0 Å². The highest BCUT2D eigenvalue weighted by atomic mass is 35.5. The van der Waals surface area contributed by atoms with Gasteiger partial charge in [-0.1, -0.05) is 97.1 Å². The first-order valence-corrected chi connectivity index (χ1v) is 17.7. The van der Waals surface area contributed by atoms with Crippen LogP contribution in [0.5, 0.6) is 0 Å². The first-order chi connectivity index (χ1) is 21.0. The van der Waals surface area contributed by atoms with Gasteiger partial charge in [-0.15, -0.1) is 0 Å². The van der Waals surface area contributed by atoms with Gasteiger partial charge >= 0.3 is 0 Å². The Morgan fingerprint density at radius 3 is 2.32 bits per heavy atom. The van der Waals surface area contributed by atoms with Crippen LogP contribution < -0.4 is 9.62 Å². The summed E-state index contributed by atoms with van der Waals surface area (Å²) in [5.41, 5.74) is 4.25. The third kappa shape index (κ3) is 9.57. The van der Waals surface area contributed by atoms with Gasteiger partial charge in [-0.2, -0.15) is 0 Å². The molecule has 1 unspecified atom stereocenters. The SMILES string of the molecule is Cc1cccc(CN(C(=O)CCCN(c2cc(Cl)ccc2C)S(C)(=O)=O)C(Cc2ccccc2)C(=O)NC2CCCCC2)c1. The number of halogens is 1. The number of benzene rings is 3. The summed E-state index contributed by atoms with van der Waals surface area (Å²) in [5.74, 6) is -0.337. The predicted molar refractivity (Wildman–Crippen MR) is 178 cm³/mol. The van der Waals surface area contributed by atoms with Crippen molar-refractivity contribution in [2.45, 2.75) is 83.8 Å². The summed E-state index contributed by atoms with van der Waals surface area (Å²) in [5, 5.41) is 3.70. The molecule has 9 heteroatoms. The Bertz CT molecular complexity index is 1520. The zero-order chi connectivity index (χ0) is 31.7. The van der Waals surface area contributed by atoms with Crippen molar-refractivity contribution in [3.05, 3.63) is 100 Å². The van der Waals surface area contributed by atoms with Crippen LogP contribution >= 0.6 is 11.6 Å². The van der Waals surface area contributed by atoms with Gasteiger partial charge in [-0.05, 0) is 61.9 Å². The first kappa shape index (κ1) is 33.5. The minimum Gasteiger partial charge on any atom is -0.352 e. The molecule has 3 aromatic carbocycles. The summed E-state index contributed by atoms with van der Waals surface area (Å²) in [6, 6.07) is 22.3. The Morgan fingerprint density at radius 2 is 1.64 bits per heavy atom. The molecule has 1 atom stereocenters. The number of hydrogen-bond acceptors (Lipinski definition) is 4. The van der Waals surface area contributed by atoms with E-state index in [9.17, 15) is 18.0 Å². The highest BCUT2D eigenvalue weighted by molar-refractivity contribution is 7.92. The summed E-state index contributed by atoms with van der Waals surface area (Å²) in [4.78, 5) is 29.8. The number of carbonyl (C=O) groups is 2. The molecular formula is C35H44ClN3O4S. The predicted octanol–water partition coefficient (Wildman–Crippen LogP) is 6.59. The molecule has 236 valence electrons. The van der Waals surface area contributed by atoms with Crippen LogP contribution in [0.2, 0.25) is 5.02 Å². The molecule has 44 heavy (non-hydrogen) atoms. The zero-order valence-electron chi connectivity index (χ0n) is 26.0. The highest BCUT2D eigenvalue weighted by Crippen LogP contribution is 2.27. The molecular weight excluding hydrogens is 594 g/mol. The molecule has 0 heterocycles. The molecule has 3 aromatic rings. The van der Waals surface area contributed by atoms with E-state index < -0.39 is 16.1 Å². The smallest absolute Gasteiger partial charge is 0.243 e. The van der Waals surface area contributed by atoms with Crippen molar-refractivity contribution in [1.82, 2.24) is 10.2 Å². The topological polar surface area (TPSA) is 86.8 Å². The number of sulfonamides is 1. The molecule has 1 aliphatic carbocycles. The van der Waals surface area contributed by atoms with E-state index in [2.05, 4.69) is 5.32 Å². The van der Waals surface area contributed by atoms with Crippen molar-refractivity contribution >= 4 is 39.1 Å². The van der Waals surface area contributed by atoms with E-state index in [1.54, 1.807) is 23.1 Å². The largest absolute Gasteiger partial charge is 0.352 e. The number of amides is 2. The van der Waals surface area contributed by atoms with Gasteiger partial charge in [0.05, 0.1) is 11.9 Å². The molecule has 0 bridgehead atoms. The molecule has 1 N–H and O–H groups in total. The average Bonchev–Trinajstić information content (AvgIpc) is 2.99. The maximum atomic E-state index is 14.1. The van der Waals surface area contributed by atoms with E-state index in [0.29, 0.717) is 17.1 Å². The van der Waals surface area contributed by atoms with E-state index in [0.717, 1.165) is 54.2 Å². The van der Waals surface area contributed by atoms with Crippen molar-refractivity contribution in [3.8, 4) is 0 Å². The molecule has 0 radical (unpaired) electrons. The maximum absolute atomic E-state index is 14.1. The molecule has 1 saturated carbocycles. The standard InChI is InChI=1S/C35H44ClN3O4S/c1-26-12-10-15-29(22-26)25-38(33(23-28-13-6-4-7-14-28)35(41)37-31-16-8-5-9-17-31)34(40)18-11-21-39(44(3,42)43)32-24-30(36)20-19-27(32)2/h4,6-7,10,12-15,19-20,22,24,31,33H,5,8-9,11,16-18,21,23,25H2,1-3H3,(H,37,41). The number of hydrogen-bond donors (Lipinski definition) is 1. The Hall–Kier alpha value is -3.36. The van der Waals surface area contributed by atoms with Gasteiger partial charge in [-0.3, -0.25) is 13.9 Å². The number of nitrogens with one attached hydrogen (secondary N) is 1. The van der Waals surface area contributed by atoms with Gasteiger partial charge in [0.25, 0.3) is 0 Å². The maximum Gasteiger partial charge on any atom is 0.243 e. The van der Waals surface area contributed by atoms with E-state index >= 15 is 0 Å². The van der Waals surface area contributed by atoms with Crippen molar-refractivity contribution < 1.29 is 18.0 Å². The quantitative estimate of drug-likeness (QED) is 0.229. The summed E-state index contributed by atoms with van der Waals surface area (Å²) >= 11 is 6.21. The molecule has 0 aliphatic heterocycles. The molecule has 0 aromatic heterocycles. The van der Waals surface area contributed by atoms with E-state index in [1.807, 2.05) is 68.4 Å². The summed E-state index contributed by atoms with van der Waals surface area (Å²) < 4.78 is 26.9. The van der Waals surface area contributed by atoms with Crippen LogP contribution in [0.4, 0.5) is 5.69 Å². The van der Waals surface area contributed by atoms with Crippen LogP contribution in [0.1, 0.15) is 67.2 Å². The Kier molecular flexibility index (Phi) is 11.9. The minimum atomic E-state index is -3.63. The second-order valence-corrected chi connectivity index (χ2v) is 14.3. The Morgan fingerprint density at radius 1 is 0.932 bits per heavy atom. The fourth-order valence-electron chi connectivity index (χ4n) is 5.94. The summed E-state index contributed by atoms with van der Waals surface area (Å²) in [6.45, 7) is 4.23. The molecule has 7 nitrogen and oxygen atoms in total. The van der Waals surface area contributed by atoms with Crippen LogP contribution in [-0.2, 0) is 32.6 Å². The van der Waals surface area contributed by atoms with E-state index in [-0.39, 0.29) is 43.8 Å². The van der Waals surface area contributed by atoms with Gasteiger partial charge in [0.1, 0.15) is 6.04 Å². The number of nitrogens with zero attached hydrogens (tertiary/aromatic N) is 2. The lowest BCUT2D eigenvalue weighted by Gasteiger charge is -2.34. The fraction of sp³-hybridized carbons (Fsp3) is 0.429. The average molecular weight is 638 g/mol. The van der Waals surface area contributed by atoms with Crippen molar-refractivity contribution in [3.63, 3.8) is 0 Å². The van der Waals surface area contributed by atoms with Crippen LogP contribution in [0.3, 0.4) is 0 Å². The van der Waals surface area contributed by atoms with Crippen molar-refractivity contribution in [2.24, 2.45) is 0 Å². The second kappa shape index (κ2) is 15.6. The van der Waals surface area contributed by atoms with Crippen LogP contribution in [0.25, 0.3) is 0 Å². The van der Waals surface area contributed by atoms with Crippen LogP contribution in [-0.4, -0.2) is 50.0 Å². The molecule has 0 saturated heterocycles. The highest BCUT2D eigenvalue weighted by Gasteiger charge is 2.32. The van der Waals surface area contributed by atoms with E-state index in [1.165, 1.54) is 10.7 Å². The Labute approximate surface area is 267 Å². The normalized spacial score (nSPS) is 14.5. The van der Waals surface area contributed by atoms with Crippen molar-refractivity contribution in [1.29, 1.82) is 0 Å². The summed E-state index contributed by atoms with van der Waals surface area (Å²) in [7, 11) is -3.63. The lowest BCUT2D eigenvalue weighted by atomic mass is 9.94. The lowest BCUT2D eigenvalue weighted by Crippen LogP contribution is -2.53. The van der Waals surface area contributed by atoms with Crippen LogP contribution in [0.15, 0.2) is 72.8 Å². The van der Waals surface area contributed by atoms with Gasteiger partial charge in [0.2, 0.25) is 21.8 Å². The number of rotatable bonds is 13. The molecule has 0 spiro atoms. The van der Waals surface area contributed by atoms with Crippen molar-refractivity contribution in [2.75, 3.05) is 17.1 Å². The second-order valence-electron chi connectivity index (χ2n) is 11.9. The van der Waals surface area contributed by atoms with Gasteiger partial charge < -0.3 is 10.2 Å². The number of anilines is 1. The molecule has 4 rings (SSSR count). The molecule has 1 aliphatic rings. The van der Waals surface area contributed by atoms with Crippen LogP contribution in [0, 0.1) is 13.8 Å². The lowest BCUT2D eigenvalue weighted by molar-refractivity contribution is -0.141. The zero-order valence-corrected chi connectivity index (χ0v) is 27.5. The Balaban J connectivity index is 1.60. The monoisotopic (exact) mass is 637 g/mol. The number of carbonyl (C=O) groups excluding carboxylic acids is 2. The van der Waals surface area contributed by atoms with Gasteiger partial charge in [0.15, 0.2) is 0 Å². The molecule has 2 amide bonds. The number of aryl methyl sites for hydroxylation is 2. The minimum absolute atomic E-state index is 0.0828. The third-order valence-corrected chi connectivity index (χ3v) is 9.67. The molecule has 1 fully saturated rings. The summed E-state index contributed by atoms with van der Waals surface area (Å²) in [6.07, 6.45) is 7.14. The third-order valence-electron chi connectivity index (χ3n) is 8.25. The fourth-order valence-corrected chi connectivity index (χ4v) is 7.12. The first-order valence-electron chi connectivity index (χ1n) is 15.4. The van der Waals surface area contributed by atoms with Gasteiger partial charge in [-0.25, -0.2) is 8.42 Å². The van der Waals surface area contributed by atoms with E-state index in [4.69, 9.17) is 11.6 Å².